The number of nitrogens with one attached hydrogen (secondary N) is 1. The molecule has 4 nitrogen and oxygen atoms in total. The summed E-state index contributed by atoms with van der Waals surface area (Å²) >= 11 is 5.79. The molecule has 0 aliphatic heterocycles. The standard InChI is InChI=1S/C13H12ClFN2O2S/c1-8-4-10(16)7-11(5-8)20(18,19)17-13-3-2-9(15)6-12(13)14/h2-7,17H,16H2,1H3. The van der Waals surface area contributed by atoms with Crippen LogP contribution in [0, 0.1) is 12.7 Å². The highest BCUT2D eigenvalue weighted by Gasteiger charge is 2.16. The van der Waals surface area contributed by atoms with Crippen LogP contribution in [-0.4, -0.2) is 8.42 Å². The van der Waals surface area contributed by atoms with Gasteiger partial charge in [-0.05, 0) is 48.9 Å². The Hall–Kier alpha value is -1.79. The van der Waals surface area contributed by atoms with Gasteiger partial charge in [-0.15, -0.1) is 0 Å². The molecule has 3 N–H and O–H groups in total. The zero-order valence-corrected chi connectivity index (χ0v) is 12.1. The van der Waals surface area contributed by atoms with Crippen molar-refractivity contribution in [2.24, 2.45) is 0 Å². The van der Waals surface area contributed by atoms with Crippen LogP contribution < -0.4 is 10.5 Å². The van der Waals surface area contributed by atoms with E-state index < -0.39 is 15.8 Å². The van der Waals surface area contributed by atoms with Gasteiger partial charge in [-0.3, -0.25) is 4.72 Å². The SMILES string of the molecule is Cc1cc(N)cc(S(=O)(=O)Nc2ccc(F)cc2Cl)c1. The van der Waals surface area contributed by atoms with Crippen molar-refractivity contribution in [3.8, 4) is 0 Å². The van der Waals surface area contributed by atoms with Gasteiger partial charge in [0.1, 0.15) is 5.82 Å². The molecule has 2 aromatic rings. The number of sulfonamides is 1. The van der Waals surface area contributed by atoms with Crippen LogP contribution in [0.5, 0.6) is 0 Å². The summed E-state index contributed by atoms with van der Waals surface area (Å²) in [5, 5.41) is -0.0193. The Morgan fingerprint density at radius 3 is 2.50 bits per heavy atom. The number of halogens is 2. The van der Waals surface area contributed by atoms with Crippen LogP contribution in [-0.2, 0) is 10.0 Å². The summed E-state index contributed by atoms with van der Waals surface area (Å²) in [4.78, 5) is 0.0235. The smallest absolute Gasteiger partial charge is 0.262 e. The van der Waals surface area contributed by atoms with E-state index in [1.165, 1.54) is 18.2 Å². The first-order valence-electron chi connectivity index (χ1n) is 5.63. The zero-order chi connectivity index (χ0) is 14.9. The van der Waals surface area contributed by atoms with Gasteiger partial charge in [0.15, 0.2) is 0 Å². The first kappa shape index (κ1) is 14.6. The number of hydrogen-bond acceptors (Lipinski definition) is 3. The van der Waals surface area contributed by atoms with Gasteiger partial charge in [0, 0.05) is 5.69 Å². The third kappa shape index (κ3) is 3.20. The van der Waals surface area contributed by atoms with Crippen molar-refractivity contribution in [2.45, 2.75) is 11.8 Å². The fourth-order valence-electron chi connectivity index (χ4n) is 1.71. The van der Waals surface area contributed by atoms with Crippen molar-refractivity contribution in [1.82, 2.24) is 0 Å². The Bertz CT molecular complexity index is 743. The monoisotopic (exact) mass is 314 g/mol. The first-order valence-corrected chi connectivity index (χ1v) is 7.49. The summed E-state index contributed by atoms with van der Waals surface area (Å²) in [6, 6.07) is 7.89. The molecule has 0 spiro atoms. The summed E-state index contributed by atoms with van der Waals surface area (Å²) < 4.78 is 39.7. The van der Waals surface area contributed by atoms with Crippen LogP contribution in [0.3, 0.4) is 0 Å². The quantitative estimate of drug-likeness (QED) is 0.855. The molecule has 0 unspecified atom stereocenters. The van der Waals surface area contributed by atoms with Crippen molar-refractivity contribution < 1.29 is 12.8 Å². The first-order chi connectivity index (χ1) is 9.28. The Morgan fingerprint density at radius 2 is 1.90 bits per heavy atom. The van der Waals surface area contributed by atoms with Crippen LogP contribution in [0.4, 0.5) is 15.8 Å². The Kier molecular flexibility index (Phi) is 3.87. The molecule has 0 radical (unpaired) electrons. The largest absolute Gasteiger partial charge is 0.399 e. The molecule has 106 valence electrons. The lowest BCUT2D eigenvalue weighted by atomic mass is 10.2. The fourth-order valence-corrected chi connectivity index (χ4v) is 3.20. The second kappa shape index (κ2) is 5.30. The van der Waals surface area contributed by atoms with Crippen molar-refractivity contribution in [2.75, 3.05) is 10.5 Å². The maximum absolute atomic E-state index is 12.9. The predicted octanol–water partition coefficient (Wildman–Crippen LogP) is 3.17. The predicted molar refractivity (Wildman–Crippen MR) is 77.8 cm³/mol. The number of nitrogens with two attached hydrogens (primary N) is 1. The molecule has 2 aromatic carbocycles. The number of aryl methyl sites for hydroxylation is 1. The number of hydrogen-bond donors (Lipinski definition) is 2. The molecule has 20 heavy (non-hydrogen) atoms. The Labute approximate surface area is 121 Å². The minimum absolute atomic E-state index is 0.0193. The van der Waals surface area contributed by atoms with Crippen LogP contribution in [0.15, 0.2) is 41.3 Å². The Morgan fingerprint density at radius 1 is 1.20 bits per heavy atom. The molecule has 0 bridgehead atoms. The molecule has 0 aliphatic rings. The summed E-state index contributed by atoms with van der Waals surface area (Å²) in [5.74, 6) is -0.544. The van der Waals surface area contributed by atoms with Gasteiger partial charge >= 0.3 is 0 Å². The topological polar surface area (TPSA) is 72.2 Å². The highest BCUT2D eigenvalue weighted by Crippen LogP contribution is 2.26. The number of nitrogen functional groups attached to an aromatic ring is 1. The summed E-state index contributed by atoms with van der Waals surface area (Å²) in [6.07, 6.45) is 0. The van der Waals surface area contributed by atoms with Crippen molar-refractivity contribution in [3.05, 3.63) is 52.8 Å². The Balaban J connectivity index is 2.40. The average Bonchev–Trinajstić information content (AvgIpc) is 2.31. The number of benzene rings is 2. The van der Waals surface area contributed by atoms with Crippen LogP contribution >= 0.6 is 11.6 Å². The van der Waals surface area contributed by atoms with E-state index in [0.29, 0.717) is 5.69 Å². The van der Waals surface area contributed by atoms with E-state index >= 15 is 0 Å². The molecular formula is C13H12ClFN2O2S. The van der Waals surface area contributed by atoms with Crippen molar-refractivity contribution in [3.63, 3.8) is 0 Å². The minimum Gasteiger partial charge on any atom is -0.399 e. The van der Waals surface area contributed by atoms with E-state index in [-0.39, 0.29) is 15.6 Å². The number of rotatable bonds is 3. The number of anilines is 2. The highest BCUT2D eigenvalue weighted by molar-refractivity contribution is 7.92. The van der Waals surface area contributed by atoms with Gasteiger partial charge in [0.2, 0.25) is 0 Å². The lowest BCUT2D eigenvalue weighted by Crippen LogP contribution is -2.14. The molecule has 0 fully saturated rings. The van der Waals surface area contributed by atoms with Crippen molar-refractivity contribution in [1.29, 1.82) is 0 Å². The van der Waals surface area contributed by atoms with Crippen LogP contribution in [0.1, 0.15) is 5.56 Å². The summed E-state index contributed by atoms with van der Waals surface area (Å²) in [6.45, 7) is 1.74. The van der Waals surface area contributed by atoms with Gasteiger partial charge in [-0.25, -0.2) is 12.8 Å². The van der Waals surface area contributed by atoms with Crippen LogP contribution in [0.2, 0.25) is 5.02 Å². The third-order valence-electron chi connectivity index (χ3n) is 2.56. The van der Waals surface area contributed by atoms with E-state index in [4.69, 9.17) is 17.3 Å². The maximum Gasteiger partial charge on any atom is 0.262 e. The van der Waals surface area contributed by atoms with Gasteiger partial charge in [-0.2, -0.15) is 0 Å². The van der Waals surface area contributed by atoms with E-state index in [1.54, 1.807) is 13.0 Å². The second-order valence-electron chi connectivity index (χ2n) is 4.31. The van der Waals surface area contributed by atoms with Gasteiger partial charge in [0.05, 0.1) is 15.6 Å². The molecule has 0 aliphatic carbocycles. The molecule has 0 amide bonds. The lowest BCUT2D eigenvalue weighted by molar-refractivity contribution is 0.601. The van der Waals surface area contributed by atoms with E-state index in [0.717, 1.165) is 17.7 Å². The molecule has 0 aromatic heterocycles. The van der Waals surface area contributed by atoms with Crippen molar-refractivity contribution >= 4 is 33.0 Å². The highest BCUT2D eigenvalue weighted by atomic mass is 35.5. The summed E-state index contributed by atoms with van der Waals surface area (Å²) in [5.41, 5.74) is 6.80. The molecule has 7 heteroatoms. The van der Waals surface area contributed by atoms with Gasteiger partial charge in [-0.1, -0.05) is 11.6 Å². The summed E-state index contributed by atoms with van der Waals surface area (Å²) in [7, 11) is -3.83. The van der Waals surface area contributed by atoms with Crippen LogP contribution in [0.25, 0.3) is 0 Å². The normalized spacial score (nSPS) is 11.3. The maximum atomic E-state index is 12.9. The van der Waals surface area contributed by atoms with E-state index in [9.17, 15) is 12.8 Å². The zero-order valence-electron chi connectivity index (χ0n) is 10.5. The molecule has 0 saturated heterocycles. The minimum atomic E-state index is -3.83. The third-order valence-corrected chi connectivity index (χ3v) is 4.22. The molecule has 0 atom stereocenters. The molecule has 0 saturated carbocycles. The molecule has 0 heterocycles. The molecule has 2 rings (SSSR count). The second-order valence-corrected chi connectivity index (χ2v) is 6.40. The fraction of sp³-hybridized carbons (Fsp3) is 0.0769. The van der Waals surface area contributed by atoms with Gasteiger partial charge in [0.25, 0.3) is 10.0 Å². The van der Waals surface area contributed by atoms with E-state index in [1.807, 2.05) is 0 Å². The van der Waals surface area contributed by atoms with E-state index in [2.05, 4.69) is 4.72 Å². The molecular weight excluding hydrogens is 303 g/mol. The van der Waals surface area contributed by atoms with Gasteiger partial charge < -0.3 is 5.73 Å². The lowest BCUT2D eigenvalue weighted by Gasteiger charge is -2.11. The average molecular weight is 315 g/mol.